The molecule has 5 heteroatoms. The molecule has 1 aliphatic rings. The Morgan fingerprint density at radius 1 is 1.32 bits per heavy atom. The van der Waals surface area contributed by atoms with Gasteiger partial charge < -0.3 is 9.57 Å². The molecule has 0 aromatic heterocycles. The molecule has 0 aliphatic carbocycles. The van der Waals surface area contributed by atoms with Gasteiger partial charge in [-0.05, 0) is 48.8 Å². The molecule has 1 aromatic rings. The van der Waals surface area contributed by atoms with Crippen LogP contribution in [0.25, 0.3) is 6.08 Å². The fourth-order valence-corrected chi connectivity index (χ4v) is 1.97. The Balaban J connectivity index is 2.30. The van der Waals surface area contributed by atoms with Crippen LogP contribution < -0.4 is 4.84 Å². The second-order valence-corrected chi connectivity index (χ2v) is 5.92. The minimum atomic E-state index is -0.577. The number of hydrogen-bond donors (Lipinski definition) is 0. The van der Waals surface area contributed by atoms with Crippen molar-refractivity contribution in [3.05, 3.63) is 34.3 Å². The highest BCUT2D eigenvalue weighted by molar-refractivity contribution is 9.12. The number of fused-ring (bicyclic) bond motifs is 1. The monoisotopic (exact) mass is 323 g/mol. The Labute approximate surface area is 120 Å². The molecule has 2 rings (SSSR count). The molecular weight excluding hydrogens is 310 g/mol. The van der Waals surface area contributed by atoms with E-state index < -0.39 is 11.6 Å². The van der Waals surface area contributed by atoms with Crippen molar-refractivity contribution >= 4 is 33.7 Å². The molecule has 1 heterocycles. The van der Waals surface area contributed by atoms with E-state index in [-0.39, 0.29) is 5.71 Å². The summed E-state index contributed by atoms with van der Waals surface area (Å²) in [4.78, 5) is 17.3. The molecule has 0 radical (unpaired) electrons. The van der Waals surface area contributed by atoms with Crippen LogP contribution in [0.3, 0.4) is 0 Å². The number of benzene rings is 1. The average Bonchev–Trinajstić information content (AvgIpc) is 2.44. The van der Waals surface area contributed by atoms with Crippen molar-refractivity contribution in [2.24, 2.45) is 5.16 Å². The number of carbonyl (C=O) groups is 1. The predicted octanol–water partition coefficient (Wildman–Crippen LogP) is 3.51. The van der Waals surface area contributed by atoms with Crippen LogP contribution in [0.15, 0.2) is 33.9 Å². The van der Waals surface area contributed by atoms with E-state index in [0.717, 1.165) is 5.56 Å². The van der Waals surface area contributed by atoms with Crippen molar-refractivity contribution in [3.63, 3.8) is 0 Å². The molecule has 0 saturated heterocycles. The molecule has 0 unspecified atom stereocenters. The summed E-state index contributed by atoms with van der Waals surface area (Å²) < 4.78 is 5.82. The fraction of sp³-hybridized carbons (Fsp3) is 0.286. The Hall–Kier alpha value is -1.62. The first-order valence-corrected chi connectivity index (χ1v) is 6.61. The number of nitrogens with zero attached hydrogens (tertiary/aromatic N) is 1. The molecule has 100 valence electrons. The van der Waals surface area contributed by atoms with E-state index >= 15 is 0 Å². The van der Waals surface area contributed by atoms with Crippen LogP contribution in [-0.4, -0.2) is 17.3 Å². The maximum absolute atomic E-state index is 12.0. The summed E-state index contributed by atoms with van der Waals surface area (Å²) >= 11 is 3.33. The minimum absolute atomic E-state index is 0.117. The summed E-state index contributed by atoms with van der Waals surface area (Å²) in [6, 6.07) is 7.39. The lowest BCUT2D eigenvalue weighted by Crippen LogP contribution is -2.29. The van der Waals surface area contributed by atoms with E-state index in [1.54, 1.807) is 32.9 Å². The third-order valence-corrected chi connectivity index (χ3v) is 2.86. The van der Waals surface area contributed by atoms with Gasteiger partial charge in [-0.15, -0.1) is 0 Å². The Morgan fingerprint density at radius 2 is 2.00 bits per heavy atom. The van der Waals surface area contributed by atoms with Gasteiger partial charge in [0.2, 0.25) is 5.71 Å². The molecule has 0 N–H and O–H groups in total. The number of esters is 1. The number of oxime groups is 1. The first kappa shape index (κ1) is 13.8. The van der Waals surface area contributed by atoms with Crippen LogP contribution in [0, 0.1) is 0 Å². The lowest BCUT2D eigenvalue weighted by Gasteiger charge is -2.19. The van der Waals surface area contributed by atoms with Gasteiger partial charge in [0.1, 0.15) is 5.60 Å². The number of rotatable bonds is 1. The van der Waals surface area contributed by atoms with Crippen molar-refractivity contribution in [1.29, 1.82) is 0 Å². The third-order valence-electron chi connectivity index (χ3n) is 2.25. The van der Waals surface area contributed by atoms with Crippen LogP contribution in [0.5, 0.6) is 5.75 Å². The zero-order chi connectivity index (χ0) is 14.0. The van der Waals surface area contributed by atoms with Crippen LogP contribution >= 0.6 is 15.9 Å². The lowest BCUT2D eigenvalue weighted by atomic mass is 10.1. The smallest absolute Gasteiger partial charge is 0.362 e. The Kier molecular flexibility index (Phi) is 3.75. The first-order chi connectivity index (χ1) is 8.87. The highest BCUT2D eigenvalue weighted by Crippen LogP contribution is 2.27. The lowest BCUT2D eigenvalue weighted by molar-refractivity contribution is -0.146. The van der Waals surface area contributed by atoms with Gasteiger partial charge in [-0.3, -0.25) is 0 Å². The number of ether oxygens (including phenoxy) is 1. The van der Waals surface area contributed by atoms with Gasteiger partial charge >= 0.3 is 5.97 Å². The SMILES string of the molecule is CC(C)(C)OC(=O)C1=NOc2ccccc2C=C1Br. The molecule has 0 saturated carbocycles. The molecule has 0 spiro atoms. The molecule has 0 bridgehead atoms. The minimum Gasteiger partial charge on any atom is -0.455 e. The van der Waals surface area contributed by atoms with Gasteiger partial charge in [-0.2, -0.15) is 0 Å². The number of hydrogen-bond acceptors (Lipinski definition) is 4. The number of halogens is 1. The van der Waals surface area contributed by atoms with Crippen molar-refractivity contribution < 1.29 is 14.4 Å². The summed E-state index contributed by atoms with van der Waals surface area (Å²) in [7, 11) is 0. The Bertz CT molecular complexity index is 570. The maximum atomic E-state index is 12.0. The summed E-state index contributed by atoms with van der Waals surface area (Å²) in [5.74, 6) is 0.0708. The summed E-state index contributed by atoms with van der Waals surface area (Å²) in [6.07, 6.45) is 1.78. The molecule has 19 heavy (non-hydrogen) atoms. The van der Waals surface area contributed by atoms with E-state index in [1.165, 1.54) is 0 Å². The van der Waals surface area contributed by atoms with Crippen molar-refractivity contribution in [1.82, 2.24) is 0 Å². The molecule has 0 fully saturated rings. The van der Waals surface area contributed by atoms with E-state index in [2.05, 4.69) is 21.1 Å². The van der Waals surface area contributed by atoms with Crippen LogP contribution in [0.2, 0.25) is 0 Å². The normalized spacial score (nSPS) is 14.5. The van der Waals surface area contributed by atoms with Crippen molar-refractivity contribution in [3.8, 4) is 5.75 Å². The van der Waals surface area contributed by atoms with Gasteiger partial charge in [0.05, 0.1) is 4.48 Å². The standard InChI is InChI=1S/C14H14BrNO3/c1-14(2,3)18-13(17)12-10(15)8-9-6-4-5-7-11(9)19-16-12/h4-8H,1-3H3. The highest BCUT2D eigenvalue weighted by Gasteiger charge is 2.25. The van der Waals surface area contributed by atoms with E-state index in [1.807, 2.05) is 18.2 Å². The highest BCUT2D eigenvalue weighted by atomic mass is 79.9. The average molecular weight is 324 g/mol. The second kappa shape index (κ2) is 5.17. The molecule has 1 aliphatic heterocycles. The van der Waals surface area contributed by atoms with E-state index in [0.29, 0.717) is 10.2 Å². The van der Waals surface area contributed by atoms with Crippen molar-refractivity contribution in [2.45, 2.75) is 26.4 Å². The Morgan fingerprint density at radius 3 is 2.68 bits per heavy atom. The fourth-order valence-electron chi connectivity index (χ4n) is 1.49. The van der Waals surface area contributed by atoms with Crippen LogP contribution in [-0.2, 0) is 9.53 Å². The quantitative estimate of drug-likeness (QED) is 0.743. The molecule has 0 atom stereocenters. The predicted molar refractivity (Wildman–Crippen MR) is 77.3 cm³/mol. The summed E-state index contributed by atoms with van der Waals surface area (Å²) in [6.45, 7) is 5.40. The number of carbonyl (C=O) groups excluding carboxylic acids is 1. The molecule has 4 nitrogen and oxygen atoms in total. The second-order valence-electron chi connectivity index (χ2n) is 5.06. The zero-order valence-corrected chi connectivity index (χ0v) is 12.5. The molecular formula is C14H14BrNO3. The van der Waals surface area contributed by atoms with Gasteiger partial charge in [0.15, 0.2) is 5.75 Å². The van der Waals surface area contributed by atoms with E-state index in [4.69, 9.17) is 9.57 Å². The van der Waals surface area contributed by atoms with Gasteiger partial charge in [0, 0.05) is 5.56 Å². The maximum Gasteiger partial charge on any atom is 0.362 e. The van der Waals surface area contributed by atoms with Gasteiger partial charge in [-0.25, -0.2) is 4.79 Å². The summed E-state index contributed by atoms with van der Waals surface area (Å²) in [5, 5.41) is 3.86. The van der Waals surface area contributed by atoms with Gasteiger partial charge in [-0.1, -0.05) is 23.4 Å². The largest absolute Gasteiger partial charge is 0.455 e. The van der Waals surface area contributed by atoms with Crippen LogP contribution in [0.4, 0.5) is 0 Å². The summed E-state index contributed by atoms with van der Waals surface area (Å²) in [5.41, 5.74) is 0.384. The van der Waals surface area contributed by atoms with Crippen molar-refractivity contribution in [2.75, 3.05) is 0 Å². The number of para-hydroxylation sites is 1. The molecule has 1 aromatic carbocycles. The molecule has 0 amide bonds. The van der Waals surface area contributed by atoms with E-state index in [9.17, 15) is 4.79 Å². The van der Waals surface area contributed by atoms with Crippen LogP contribution in [0.1, 0.15) is 26.3 Å². The first-order valence-electron chi connectivity index (χ1n) is 5.82. The van der Waals surface area contributed by atoms with Gasteiger partial charge in [0.25, 0.3) is 0 Å². The third kappa shape index (κ3) is 3.44. The topological polar surface area (TPSA) is 47.9 Å². The zero-order valence-electron chi connectivity index (χ0n) is 10.9.